The van der Waals surface area contributed by atoms with Gasteiger partial charge in [-0.15, -0.1) is 22.7 Å². The van der Waals surface area contributed by atoms with E-state index in [1.807, 2.05) is 30.3 Å². The number of carbonyl (C=O) groups is 1. The van der Waals surface area contributed by atoms with Crippen LogP contribution in [0.2, 0.25) is 4.34 Å². The lowest BCUT2D eigenvalue weighted by Crippen LogP contribution is -2.07. The molecule has 7 heteroatoms. The molecule has 0 atom stereocenters. The Morgan fingerprint density at radius 1 is 1.10 bits per heavy atom. The molecule has 152 valence electrons. The normalized spacial score (nSPS) is 10.6. The third-order valence-electron chi connectivity index (χ3n) is 3.75. The maximum atomic E-state index is 12.0. The summed E-state index contributed by atoms with van der Waals surface area (Å²) >= 11 is 9.08. The molecule has 0 bridgehead atoms. The van der Waals surface area contributed by atoms with E-state index < -0.39 is 0 Å². The number of oxazole rings is 1. The summed E-state index contributed by atoms with van der Waals surface area (Å²) in [5, 5.41) is 1.14. The zero-order valence-electron chi connectivity index (χ0n) is 16.5. The summed E-state index contributed by atoms with van der Waals surface area (Å²) in [6.07, 6.45) is 1.29. The van der Waals surface area contributed by atoms with Crippen molar-refractivity contribution < 1.29 is 13.9 Å². The Morgan fingerprint density at radius 2 is 1.86 bits per heavy atom. The standard InChI is InChI=1S/C19H14ClNO3S2.C3H8/c1-2-23-17(22)10-12-18(14-7-8-16(20)26-14)21-19(24-12)15-9-11-5-3-4-6-13(11)25-15;1-3-2/h3-9H,2,10H2,1H3;3H2,1-2H3. The minimum Gasteiger partial charge on any atom is -0.466 e. The van der Waals surface area contributed by atoms with Crippen molar-refractivity contribution in [2.75, 3.05) is 6.61 Å². The average molecular weight is 448 g/mol. The topological polar surface area (TPSA) is 52.3 Å². The largest absolute Gasteiger partial charge is 0.466 e. The Kier molecular flexibility index (Phi) is 7.47. The number of esters is 1. The van der Waals surface area contributed by atoms with Crippen LogP contribution in [0.25, 0.3) is 31.4 Å². The first-order chi connectivity index (χ1) is 14.0. The van der Waals surface area contributed by atoms with E-state index in [1.165, 1.54) is 17.8 Å². The first-order valence-corrected chi connectivity index (χ1v) is 11.5. The van der Waals surface area contributed by atoms with Gasteiger partial charge in [0.15, 0.2) is 0 Å². The van der Waals surface area contributed by atoms with Gasteiger partial charge in [0.2, 0.25) is 5.89 Å². The Morgan fingerprint density at radius 3 is 2.52 bits per heavy atom. The van der Waals surface area contributed by atoms with E-state index in [0.29, 0.717) is 28.3 Å². The van der Waals surface area contributed by atoms with Crippen LogP contribution < -0.4 is 0 Å². The smallest absolute Gasteiger partial charge is 0.313 e. The van der Waals surface area contributed by atoms with Crippen LogP contribution in [0, 0.1) is 0 Å². The summed E-state index contributed by atoms with van der Waals surface area (Å²) in [4.78, 5) is 18.4. The Labute approximate surface area is 183 Å². The highest BCUT2D eigenvalue weighted by Crippen LogP contribution is 2.38. The van der Waals surface area contributed by atoms with Crippen molar-refractivity contribution in [1.82, 2.24) is 4.98 Å². The molecule has 3 aromatic heterocycles. The lowest BCUT2D eigenvalue weighted by molar-refractivity contribution is -0.142. The Bertz CT molecular complexity index is 1060. The number of carbonyl (C=O) groups excluding carboxylic acids is 1. The molecule has 0 saturated carbocycles. The molecule has 1 aromatic carbocycles. The molecular formula is C22H22ClNO3S2. The van der Waals surface area contributed by atoms with Crippen molar-refractivity contribution in [3.8, 4) is 21.3 Å². The van der Waals surface area contributed by atoms with Crippen LogP contribution in [-0.4, -0.2) is 17.6 Å². The maximum Gasteiger partial charge on any atom is 0.313 e. The molecule has 0 saturated heterocycles. The van der Waals surface area contributed by atoms with E-state index in [2.05, 4.69) is 31.0 Å². The molecule has 4 aromatic rings. The minimum atomic E-state index is -0.338. The van der Waals surface area contributed by atoms with Crippen LogP contribution in [0.3, 0.4) is 0 Å². The third kappa shape index (κ3) is 5.26. The summed E-state index contributed by atoms with van der Waals surface area (Å²) in [6, 6.07) is 13.9. The van der Waals surface area contributed by atoms with Gasteiger partial charge in [-0.05, 0) is 36.6 Å². The van der Waals surface area contributed by atoms with Crippen LogP contribution >= 0.6 is 34.3 Å². The molecule has 3 heterocycles. The molecule has 0 aliphatic rings. The average Bonchev–Trinajstić information content (AvgIpc) is 3.40. The predicted molar refractivity (Wildman–Crippen MR) is 122 cm³/mol. The summed E-state index contributed by atoms with van der Waals surface area (Å²) < 4.78 is 12.9. The highest BCUT2D eigenvalue weighted by atomic mass is 35.5. The zero-order chi connectivity index (χ0) is 20.8. The maximum absolute atomic E-state index is 12.0. The second kappa shape index (κ2) is 10.1. The molecule has 0 fully saturated rings. The number of ether oxygens (including phenoxy) is 1. The molecule has 0 spiro atoms. The van der Waals surface area contributed by atoms with Gasteiger partial charge in [0, 0.05) is 4.70 Å². The Hall–Kier alpha value is -2.15. The van der Waals surface area contributed by atoms with Gasteiger partial charge < -0.3 is 9.15 Å². The highest BCUT2D eigenvalue weighted by molar-refractivity contribution is 7.22. The lowest BCUT2D eigenvalue weighted by atomic mass is 10.2. The molecular weight excluding hydrogens is 426 g/mol. The van der Waals surface area contributed by atoms with E-state index in [-0.39, 0.29) is 12.4 Å². The summed E-state index contributed by atoms with van der Waals surface area (Å²) in [6.45, 7) is 6.36. The number of benzene rings is 1. The minimum absolute atomic E-state index is 0.0383. The molecule has 0 unspecified atom stereocenters. The van der Waals surface area contributed by atoms with Crippen molar-refractivity contribution in [2.45, 2.75) is 33.6 Å². The fourth-order valence-corrected chi connectivity index (χ4v) is 4.68. The van der Waals surface area contributed by atoms with Crippen molar-refractivity contribution in [3.05, 3.63) is 52.6 Å². The van der Waals surface area contributed by atoms with Crippen LogP contribution in [0.5, 0.6) is 0 Å². The zero-order valence-corrected chi connectivity index (χ0v) is 18.9. The highest BCUT2D eigenvalue weighted by Gasteiger charge is 2.21. The van der Waals surface area contributed by atoms with Gasteiger partial charge in [-0.25, -0.2) is 4.98 Å². The van der Waals surface area contributed by atoms with Gasteiger partial charge in [-0.2, -0.15) is 0 Å². The second-order valence-corrected chi connectivity index (χ2v) is 9.03. The van der Waals surface area contributed by atoms with E-state index in [1.54, 1.807) is 18.3 Å². The third-order valence-corrected chi connectivity index (χ3v) is 6.09. The summed E-state index contributed by atoms with van der Waals surface area (Å²) in [7, 11) is 0. The molecule has 0 amide bonds. The van der Waals surface area contributed by atoms with E-state index in [9.17, 15) is 4.79 Å². The molecule has 4 rings (SSSR count). The lowest BCUT2D eigenvalue weighted by Gasteiger charge is -2.00. The van der Waals surface area contributed by atoms with Crippen LogP contribution in [0.1, 0.15) is 33.0 Å². The van der Waals surface area contributed by atoms with Crippen molar-refractivity contribution in [1.29, 1.82) is 0 Å². The van der Waals surface area contributed by atoms with Gasteiger partial charge in [0.05, 0.1) is 20.7 Å². The first kappa shape index (κ1) is 21.6. The van der Waals surface area contributed by atoms with Gasteiger partial charge in [-0.3, -0.25) is 4.79 Å². The number of halogens is 1. The number of rotatable bonds is 5. The van der Waals surface area contributed by atoms with Gasteiger partial charge >= 0.3 is 5.97 Å². The van der Waals surface area contributed by atoms with Gasteiger partial charge in [0.25, 0.3) is 0 Å². The molecule has 0 aliphatic carbocycles. The van der Waals surface area contributed by atoms with Crippen LogP contribution in [0.15, 0.2) is 46.9 Å². The van der Waals surface area contributed by atoms with Crippen molar-refractivity contribution in [2.24, 2.45) is 0 Å². The quantitative estimate of drug-likeness (QED) is 0.298. The fourth-order valence-electron chi connectivity index (χ4n) is 2.64. The van der Waals surface area contributed by atoms with Crippen molar-refractivity contribution in [3.63, 3.8) is 0 Å². The van der Waals surface area contributed by atoms with E-state index in [4.69, 9.17) is 20.8 Å². The molecule has 29 heavy (non-hydrogen) atoms. The molecule has 0 aliphatic heterocycles. The predicted octanol–water partition coefficient (Wildman–Crippen LogP) is 7.46. The number of hydrogen-bond donors (Lipinski definition) is 0. The number of thiophene rings is 2. The monoisotopic (exact) mass is 447 g/mol. The van der Waals surface area contributed by atoms with Crippen molar-refractivity contribution >= 4 is 50.3 Å². The van der Waals surface area contributed by atoms with Gasteiger partial charge in [-0.1, -0.05) is 50.1 Å². The SMILES string of the molecule is CCC.CCOC(=O)Cc1oc(-c2cc3ccccc3s2)nc1-c1ccc(Cl)s1. The number of hydrogen-bond acceptors (Lipinski definition) is 6. The number of fused-ring (bicyclic) bond motifs is 1. The van der Waals surface area contributed by atoms with Gasteiger partial charge in [0.1, 0.15) is 17.9 Å². The summed E-state index contributed by atoms with van der Waals surface area (Å²) in [5.41, 5.74) is 0.641. The van der Waals surface area contributed by atoms with Crippen LogP contribution in [0.4, 0.5) is 0 Å². The molecule has 4 nitrogen and oxygen atoms in total. The second-order valence-electron chi connectivity index (χ2n) is 6.23. The molecule has 0 N–H and O–H groups in total. The molecule has 0 radical (unpaired) electrons. The summed E-state index contributed by atoms with van der Waals surface area (Å²) in [5.74, 6) is 0.662. The van der Waals surface area contributed by atoms with E-state index in [0.717, 1.165) is 19.8 Å². The van der Waals surface area contributed by atoms with E-state index >= 15 is 0 Å². The first-order valence-electron chi connectivity index (χ1n) is 9.45. The number of nitrogens with zero attached hydrogens (tertiary/aromatic N) is 1. The van der Waals surface area contributed by atoms with Crippen LogP contribution in [-0.2, 0) is 16.0 Å². The number of aromatic nitrogens is 1. The fraction of sp³-hybridized carbons (Fsp3) is 0.273. The Balaban J connectivity index is 0.000000755.